The molecule has 2 N–H and O–H groups in total. The Kier molecular flexibility index (Phi) is 14.3. The molecule has 2 bridgehead atoms. The molecule has 14 atom stereocenters. The summed E-state index contributed by atoms with van der Waals surface area (Å²) in [4.78, 5) is 3.12. The molecule has 3 aromatic rings. The van der Waals surface area contributed by atoms with Crippen LogP contribution in [0.5, 0.6) is 0 Å². The Balaban J connectivity index is 1.07. The molecule has 3 aromatic carbocycles. The van der Waals surface area contributed by atoms with Crippen molar-refractivity contribution in [2.24, 2.45) is 17.0 Å². The average molecular weight is 831 g/mol. The average Bonchev–Trinajstić information content (AvgIpc) is 3.39. The van der Waals surface area contributed by atoms with E-state index in [1.165, 1.54) is 6.92 Å². The minimum atomic E-state index is -1.40. The molecule has 15 heteroatoms. The van der Waals surface area contributed by atoms with E-state index >= 15 is 0 Å². The minimum Gasteiger partial charge on any atom is -0.450 e. The zero-order valence-electron chi connectivity index (χ0n) is 35.1. The number of fused-ring (bicyclic) bond motifs is 2. The molecule has 324 valence electrons. The van der Waals surface area contributed by atoms with Gasteiger partial charge in [0.25, 0.3) is 0 Å². The van der Waals surface area contributed by atoms with Gasteiger partial charge in [0, 0.05) is 17.8 Å². The van der Waals surface area contributed by atoms with Crippen molar-refractivity contribution in [3.63, 3.8) is 0 Å². The maximum atomic E-state index is 12.3. The Labute approximate surface area is 351 Å². The van der Waals surface area contributed by atoms with E-state index in [1.807, 2.05) is 126 Å². The van der Waals surface area contributed by atoms with Crippen molar-refractivity contribution >= 4 is 5.90 Å². The van der Waals surface area contributed by atoms with Crippen molar-refractivity contribution in [1.82, 2.24) is 0 Å². The molecule has 4 saturated heterocycles. The van der Waals surface area contributed by atoms with Gasteiger partial charge in [-0.25, -0.2) is 0 Å². The molecule has 4 aliphatic heterocycles. The van der Waals surface area contributed by atoms with E-state index in [1.54, 1.807) is 0 Å². The van der Waals surface area contributed by atoms with Crippen LogP contribution in [0.25, 0.3) is 10.4 Å². The van der Waals surface area contributed by atoms with Gasteiger partial charge in [0.2, 0.25) is 6.29 Å². The molecule has 4 heterocycles. The summed E-state index contributed by atoms with van der Waals surface area (Å²) in [6.45, 7) is 12.2. The second-order valence-electron chi connectivity index (χ2n) is 16.6. The van der Waals surface area contributed by atoms with Crippen LogP contribution in [0.1, 0.15) is 58.2 Å². The number of nitrogens with zero attached hydrogens (tertiary/aromatic N) is 3. The summed E-state index contributed by atoms with van der Waals surface area (Å²) in [6.07, 6.45) is -8.50. The topological polar surface area (TPSA) is 185 Å². The van der Waals surface area contributed by atoms with Crippen LogP contribution in [0.15, 0.2) is 96.1 Å². The Bertz CT molecular complexity index is 1890. The van der Waals surface area contributed by atoms with Crippen LogP contribution in [0.3, 0.4) is 0 Å². The third kappa shape index (κ3) is 9.42. The summed E-state index contributed by atoms with van der Waals surface area (Å²) in [5.41, 5.74) is 10.1. The number of hydrogen-bond acceptors (Lipinski definition) is 13. The van der Waals surface area contributed by atoms with Crippen LogP contribution >= 0.6 is 0 Å². The first kappa shape index (κ1) is 44.1. The van der Waals surface area contributed by atoms with Gasteiger partial charge >= 0.3 is 0 Å². The molecule has 0 amide bonds. The highest BCUT2D eigenvalue weighted by atomic mass is 16.8. The van der Waals surface area contributed by atoms with Crippen molar-refractivity contribution in [3.05, 3.63) is 118 Å². The van der Waals surface area contributed by atoms with Gasteiger partial charge in [-0.05, 0) is 48.9 Å². The van der Waals surface area contributed by atoms with Gasteiger partial charge in [-0.2, -0.15) is 0 Å². The predicted molar refractivity (Wildman–Crippen MR) is 218 cm³/mol. The summed E-state index contributed by atoms with van der Waals surface area (Å²) >= 11 is 0. The first-order valence-electron chi connectivity index (χ1n) is 20.7. The summed E-state index contributed by atoms with van der Waals surface area (Å²) < 4.78 is 64.5. The lowest BCUT2D eigenvalue weighted by molar-refractivity contribution is -0.366. The molecule has 0 saturated carbocycles. The molecule has 8 unspecified atom stereocenters. The molecule has 4 fully saturated rings. The molecule has 0 spiro atoms. The Morgan fingerprint density at radius 3 is 2.02 bits per heavy atom. The largest absolute Gasteiger partial charge is 0.450 e. The van der Waals surface area contributed by atoms with Crippen molar-refractivity contribution in [1.29, 1.82) is 5.41 Å². The van der Waals surface area contributed by atoms with E-state index in [4.69, 9.17) is 52.8 Å². The highest BCUT2D eigenvalue weighted by Crippen LogP contribution is 2.53. The maximum absolute atomic E-state index is 12.3. The molecule has 0 radical (unpaired) electrons. The van der Waals surface area contributed by atoms with E-state index in [-0.39, 0.29) is 25.0 Å². The van der Waals surface area contributed by atoms with Crippen molar-refractivity contribution in [3.8, 4) is 0 Å². The van der Waals surface area contributed by atoms with Crippen molar-refractivity contribution in [2.45, 2.75) is 140 Å². The Morgan fingerprint density at radius 2 is 1.42 bits per heavy atom. The first-order chi connectivity index (χ1) is 28.9. The van der Waals surface area contributed by atoms with Gasteiger partial charge in [-0.3, -0.25) is 5.41 Å². The number of benzene rings is 3. The fourth-order valence-electron chi connectivity index (χ4n) is 9.00. The number of ether oxygens (including phenoxy) is 10. The second-order valence-corrected chi connectivity index (χ2v) is 16.6. The molecule has 7 rings (SSSR count). The maximum Gasteiger partial charge on any atom is 0.228 e. The molecule has 0 aromatic heterocycles. The normalized spacial score (nSPS) is 36.0. The fraction of sp³-hybridized carbons (Fsp3) is 0.578. The van der Waals surface area contributed by atoms with Gasteiger partial charge in [0.05, 0.1) is 63.0 Å². The van der Waals surface area contributed by atoms with Gasteiger partial charge in [0.15, 0.2) is 24.1 Å². The van der Waals surface area contributed by atoms with Crippen LogP contribution in [-0.2, 0) is 67.2 Å². The standard InChI is InChI=1S/C45H58N4O11/c1-27-36(48-49-47)34(25-51-22-31-16-10-7-11-17-31)57-42(56-30(4)46)38(27)58-43-39-40(50)45(29(3)55-43,44(5,6)59-39)60-41-28(2)37(53-24-33-20-14-9-15-21-33)35(26-54-41)52-23-32-18-12-8-13-19-32/h7-21,27-29,34-43,46,50H,22-26H2,1-6H3/t27?,28?,29?,34?,35-,36-,37?,38?,39?,40?,41+,42+,43+,45+/m1/s1. The number of nitrogens with one attached hydrogen (secondary N) is 1. The van der Waals surface area contributed by atoms with Crippen LogP contribution < -0.4 is 0 Å². The van der Waals surface area contributed by atoms with Crippen molar-refractivity contribution in [2.75, 3.05) is 13.2 Å². The summed E-state index contributed by atoms with van der Waals surface area (Å²) in [6, 6.07) is 28.9. The molecular weight excluding hydrogens is 773 g/mol. The second kappa shape index (κ2) is 19.4. The molecule has 4 aliphatic rings. The van der Waals surface area contributed by atoms with Crippen LogP contribution in [0, 0.1) is 17.2 Å². The van der Waals surface area contributed by atoms with Gasteiger partial charge in [-0.15, -0.1) is 0 Å². The minimum absolute atomic E-state index is 0.0989. The lowest BCUT2D eigenvalue weighted by Gasteiger charge is -2.52. The van der Waals surface area contributed by atoms with Crippen LogP contribution in [0.2, 0.25) is 0 Å². The Hall–Kier alpha value is -3.96. The van der Waals surface area contributed by atoms with Crippen molar-refractivity contribution < 1.29 is 52.5 Å². The summed E-state index contributed by atoms with van der Waals surface area (Å²) in [5, 5.41) is 24.6. The van der Waals surface area contributed by atoms with E-state index in [9.17, 15) is 10.6 Å². The van der Waals surface area contributed by atoms with Crippen LogP contribution in [0.4, 0.5) is 0 Å². The summed E-state index contributed by atoms with van der Waals surface area (Å²) in [7, 11) is 0. The third-order valence-electron chi connectivity index (χ3n) is 12.2. The van der Waals surface area contributed by atoms with E-state index < -0.39 is 84.8 Å². The number of azide groups is 1. The number of aliphatic hydroxyl groups is 1. The molecule has 15 nitrogen and oxygen atoms in total. The fourth-order valence-corrected chi connectivity index (χ4v) is 9.00. The van der Waals surface area contributed by atoms with E-state index in [2.05, 4.69) is 10.0 Å². The highest BCUT2D eigenvalue weighted by Gasteiger charge is 2.72. The zero-order valence-corrected chi connectivity index (χ0v) is 35.1. The summed E-state index contributed by atoms with van der Waals surface area (Å²) in [5.74, 6) is -0.944. The number of aliphatic hydroxyl groups excluding tert-OH is 1. The monoisotopic (exact) mass is 830 g/mol. The predicted octanol–water partition coefficient (Wildman–Crippen LogP) is 6.84. The smallest absolute Gasteiger partial charge is 0.228 e. The zero-order chi connectivity index (χ0) is 42.4. The number of rotatable bonds is 16. The van der Waals surface area contributed by atoms with Gasteiger partial charge in [-0.1, -0.05) is 110 Å². The Morgan fingerprint density at radius 1 is 0.817 bits per heavy atom. The number of hydrogen-bond donors (Lipinski definition) is 2. The molecule has 60 heavy (non-hydrogen) atoms. The quantitative estimate of drug-likeness (QED) is 0.0506. The SMILES string of the molecule is CC(=N)O[C@H]1OC(COCc2ccccc2)[C@H](N=[N+]=[N-])C(C)C1O[C@@H]1OC(C)[C@]2(O[C@@H]3OC[C@@H](OCc4ccccc4)C(OCc4ccccc4)C3C)C(O)C1OC2(C)C. The van der Waals surface area contributed by atoms with Gasteiger partial charge < -0.3 is 52.5 Å². The van der Waals surface area contributed by atoms with E-state index in [0.717, 1.165) is 16.7 Å². The van der Waals surface area contributed by atoms with E-state index in [0.29, 0.717) is 19.8 Å². The van der Waals surface area contributed by atoms with Crippen LogP contribution in [-0.4, -0.2) is 103 Å². The molecule has 0 aliphatic carbocycles. The highest BCUT2D eigenvalue weighted by molar-refractivity contribution is 5.69. The first-order valence-corrected chi connectivity index (χ1v) is 20.7. The lowest BCUT2D eigenvalue weighted by atomic mass is 9.76. The third-order valence-corrected chi connectivity index (χ3v) is 12.2. The van der Waals surface area contributed by atoms with Gasteiger partial charge in [0.1, 0.15) is 24.4 Å². The molecular formula is C45H58N4O11. The lowest BCUT2D eigenvalue weighted by Crippen LogP contribution is -2.69.